The molecule has 2 aromatic carbocycles. The number of hydrogen-bond acceptors (Lipinski definition) is 4. The van der Waals surface area contributed by atoms with Crippen LogP contribution in [0.15, 0.2) is 53.9 Å². The molecule has 6 heteroatoms. The number of nitrogens with one attached hydrogen (secondary N) is 1. The maximum Gasteiger partial charge on any atom is 0.271 e. The first-order valence-corrected chi connectivity index (χ1v) is 9.48. The smallest absolute Gasteiger partial charge is 0.271 e. The molecule has 1 atom stereocenters. The normalized spacial score (nSPS) is 11.8. The quantitative estimate of drug-likeness (QED) is 0.635. The van der Waals surface area contributed by atoms with Crippen molar-refractivity contribution < 1.29 is 9.53 Å². The maximum absolute atomic E-state index is 12.4. The second-order valence-electron chi connectivity index (χ2n) is 5.93. The van der Waals surface area contributed by atoms with Crippen molar-refractivity contribution in [2.75, 3.05) is 0 Å². The average molecular weight is 387 g/mol. The lowest BCUT2D eigenvalue weighted by molar-refractivity contribution is 0.0935. The van der Waals surface area contributed by atoms with E-state index < -0.39 is 0 Å². The summed E-state index contributed by atoms with van der Waals surface area (Å²) in [6, 6.07) is 15.2. The fourth-order valence-corrected chi connectivity index (χ4v) is 3.23. The van der Waals surface area contributed by atoms with Gasteiger partial charge in [0.05, 0.1) is 6.04 Å². The highest BCUT2D eigenvalue weighted by Crippen LogP contribution is 2.22. The number of rotatable bonds is 6. The first kappa shape index (κ1) is 18.4. The molecule has 3 aromatic rings. The van der Waals surface area contributed by atoms with E-state index in [0.717, 1.165) is 21.9 Å². The number of halogens is 1. The van der Waals surface area contributed by atoms with Crippen molar-refractivity contribution in [3.05, 3.63) is 80.8 Å². The summed E-state index contributed by atoms with van der Waals surface area (Å²) < 4.78 is 5.73. The molecule has 0 bridgehead atoms. The summed E-state index contributed by atoms with van der Waals surface area (Å²) in [5, 5.41) is 6.16. The SMILES string of the molecule is Cc1cc(OCc2nc(C(=O)N[C@H](C)c3ccccc3)cs2)ccc1Cl. The largest absolute Gasteiger partial charge is 0.486 e. The Morgan fingerprint density at radius 2 is 2.04 bits per heavy atom. The van der Waals surface area contributed by atoms with E-state index in [4.69, 9.17) is 16.3 Å². The third-order valence-corrected chi connectivity index (χ3v) is 5.17. The van der Waals surface area contributed by atoms with Gasteiger partial charge in [-0.2, -0.15) is 0 Å². The van der Waals surface area contributed by atoms with Crippen LogP contribution in [0.1, 0.15) is 39.6 Å². The molecule has 0 aliphatic carbocycles. The lowest BCUT2D eigenvalue weighted by atomic mass is 10.1. The predicted octanol–water partition coefficient (Wildman–Crippen LogP) is 5.17. The molecule has 1 amide bonds. The first-order chi connectivity index (χ1) is 12.5. The third kappa shape index (κ3) is 4.62. The zero-order chi connectivity index (χ0) is 18.5. The number of nitrogens with zero attached hydrogens (tertiary/aromatic N) is 1. The summed E-state index contributed by atoms with van der Waals surface area (Å²) in [5.41, 5.74) is 2.42. The molecule has 134 valence electrons. The van der Waals surface area contributed by atoms with E-state index in [-0.39, 0.29) is 11.9 Å². The molecule has 1 heterocycles. The highest BCUT2D eigenvalue weighted by molar-refractivity contribution is 7.09. The van der Waals surface area contributed by atoms with Crippen molar-refractivity contribution in [2.45, 2.75) is 26.5 Å². The summed E-state index contributed by atoms with van der Waals surface area (Å²) in [5.74, 6) is 0.539. The monoisotopic (exact) mass is 386 g/mol. The van der Waals surface area contributed by atoms with Crippen molar-refractivity contribution >= 4 is 28.8 Å². The highest BCUT2D eigenvalue weighted by Gasteiger charge is 2.14. The Balaban J connectivity index is 1.58. The number of thiazole rings is 1. The fourth-order valence-electron chi connectivity index (χ4n) is 2.43. The number of benzene rings is 2. The number of carbonyl (C=O) groups excluding carboxylic acids is 1. The van der Waals surface area contributed by atoms with Crippen LogP contribution >= 0.6 is 22.9 Å². The molecule has 0 aliphatic heterocycles. The Hall–Kier alpha value is -2.37. The molecule has 0 saturated carbocycles. The molecular weight excluding hydrogens is 368 g/mol. The second-order valence-corrected chi connectivity index (χ2v) is 7.28. The van der Waals surface area contributed by atoms with Crippen LogP contribution < -0.4 is 10.1 Å². The Morgan fingerprint density at radius 3 is 2.77 bits per heavy atom. The second kappa shape index (κ2) is 8.34. The van der Waals surface area contributed by atoms with Gasteiger partial charge < -0.3 is 10.1 Å². The Bertz CT molecular complexity index is 896. The number of amides is 1. The standard InChI is InChI=1S/C20H19ClN2O2S/c1-13-10-16(8-9-17(13)21)25-11-19-23-18(12-26-19)20(24)22-14(2)15-6-4-3-5-7-15/h3-10,12,14H,11H2,1-2H3,(H,22,24)/t14-/m1/s1. The van der Waals surface area contributed by atoms with E-state index >= 15 is 0 Å². The van der Waals surface area contributed by atoms with Gasteiger partial charge in [0, 0.05) is 10.4 Å². The third-order valence-electron chi connectivity index (χ3n) is 3.92. The van der Waals surface area contributed by atoms with Crippen molar-refractivity contribution in [1.29, 1.82) is 0 Å². The molecule has 0 radical (unpaired) electrons. The van der Waals surface area contributed by atoms with Crippen LogP contribution in [-0.4, -0.2) is 10.9 Å². The van der Waals surface area contributed by atoms with Gasteiger partial charge in [0.1, 0.15) is 23.1 Å². The van der Waals surface area contributed by atoms with Gasteiger partial charge in [-0.3, -0.25) is 4.79 Å². The molecular formula is C20H19ClN2O2S. The van der Waals surface area contributed by atoms with Crippen LogP contribution in [0.3, 0.4) is 0 Å². The Labute approximate surface area is 161 Å². The molecule has 0 spiro atoms. The summed E-state index contributed by atoms with van der Waals surface area (Å²) in [6.45, 7) is 4.19. The number of aryl methyl sites for hydroxylation is 1. The molecule has 0 aliphatic rings. The summed E-state index contributed by atoms with van der Waals surface area (Å²) in [6.07, 6.45) is 0. The highest BCUT2D eigenvalue weighted by atomic mass is 35.5. The average Bonchev–Trinajstić information content (AvgIpc) is 3.12. The van der Waals surface area contributed by atoms with Crippen molar-refractivity contribution in [3.63, 3.8) is 0 Å². The zero-order valence-corrected chi connectivity index (χ0v) is 16.1. The van der Waals surface area contributed by atoms with Crippen LogP contribution in [0.2, 0.25) is 5.02 Å². The first-order valence-electron chi connectivity index (χ1n) is 8.22. The van der Waals surface area contributed by atoms with E-state index in [1.165, 1.54) is 11.3 Å². The Kier molecular flexibility index (Phi) is 5.91. The van der Waals surface area contributed by atoms with Gasteiger partial charge in [0.25, 0.3) is 5.91 Å². The number of carbonyl (C=O) groups is 1. The minimum atomic E-state index is -0.189. The van der Waals surface area contributed by atoms with Crippen LogP contribution in [0.5, 0.6) is 5.75 Å². The van der Waals surface area contributed by atoms with Gasteiger partial charge in [-0.1, -0.05) is 41.9 Å². The number of hydrogen-bond donors (Lipinski definition) is 1. The van der Waals surface area contributed by atoms with Gasteiger partial charge in [0.2, 0.25) is 0 Å². The number of ether oxygens (including phenoxy) is 1. The molecule has 4 nitrogen and oxygen atoms in total. The van der Waals surface area contributed by atoms with E-state index in [0.29, 0.717) is 17.3 Å². The summed E-state index contributed by atoms with van der Waals surface area (Å²) >= 11 is 7.42. The molecule has 3 rings (SSSR count). The minimum Gasteiger partial charge on any atom is -0.486 e. The van der Waals surface area contributed by atoms with Gasteiger partial charge >= 0.3 is 0 Å². The van der Waals surface area contributed by atoms with Crippen molar-refractivity contribution in [2.24, 2.45) is 0 Å². The molecule has 0 unspecified atom stereocenters. The van der Waals surface area contributed by atoms with Gasteiger partial charge in [-0.05, 0) is 43.2 Å². The predicted molar refractivity (Wildman–Crippen MR) is 105 cm³/mol. The van der Waals surface area contributed by atoms with Gasteiger partial charge in [0.15, 0.2) is 0 Å². The lowest BCUT2D eigenvalue weighted by Gasteiger charge is -2.13. The van der Waals surface area contributed by atoms with Crippen LogP contribution in [0.25, 0.3) is 0 Å². The maximum atomic E-state index is 12.4. The lowest BCUT2D eigenvalue weighted by Crippen LogP contribution is -2.26. The van der Waals surface area contributed by atoms with Gasteiger partial charge in [-0.15, -0.1) is 11.3 Å². The number of aromatic nitrogens is 1. The Morgan fingerprint density at radius 1 is 1.27 bits per heavy atom. The minimum absolute atomic E-state index is 0.0813. The van der Waals surface area contributed by atoms with Crippen LogP contribution in [0.4, 0.5) is 0 Å². The van der Waals surface area contributed by atoms with Crippen LogP contribution in [-0.2, 0) is 6.61 Å². The van der Waals surface area contributed by atoms with Gasteiger partial charge in [-0.25, -0.2) is 4.98 Å². The molecule has 0 saturated heterocycles. The fraction of sp³-hybridized carbons (Fsp3) is 0.200. The van der Waals surface area contributed by atoms with Crippen molar-refractivity contribution in [3.8, 4) is 5.75 Å². The topological polar surface area (TPSA) is 51.2 Å². The summed E-state index contributed by atoms with van der Waals surface area (Å²) in [4.78, 5) is 16.7. The van der Waals surface area contributed by atoms with Crippen LogP contribution in [0, 0.1) is 6.92 Å². The van der Waals surface area contributed by atoms with E-state index in [2.05, 4.69) is 10.3 Å². The van der Waals surface area contributed by atoms with E-state index in [1.54, 1.807) is 11.4 Å². The molecule has 1 N–H and O–H groups in total. The molecule has 26 heavy (non-hydrogen) atoms. The van der Waals surface area contributed by atoms with E-state index in [9.17, 15) is 4.79 Å². The molecule has 0 fully saturated rings. The van der Waals surface area contributed by atoms with Crippen molar-refractivity contribution in [1.82, 2.24) is 10.3 Å². The molecule has 1 aromatic heterocycles. The zero-order valence-electron chi connectivity index (χ0n) is 14.5. The van der Waals surface area contributed by atoms with E-state index in [1.807, 2.05) is 56.3 Å². The summed E-state index contributed by atoms with van der Waals surface area (Å²) in [7, 11) is 0.